The van der Waals surface area contributed by atoms with E-state index in [9.17, 15) is 149 Å². The van der Waals surface area contributed by atoms with Gasteiger partial charge in [0.1, 0.15) is 0 Å². The maximum absolute atomic E-state index is 14.7. The van der Waals surface area contributed by atoms with Gasteiger partial charge in [-0.25, -0.2) is 0 Å². The molecule has 0 N–H and O–H groups in total. The highest BCUT2D eigenvalue weighted by molar-refractivity contribution is 6.80. The molecule has 0 amide bonds. The first-order valence-electron chi connectivity index (χ1n) is 10.1. The molecule has 0 radical (unpaired) electrons. The van der Waals surface area contributed by atoms with Gasteiger partial charge in [-0.15, -0.1) is 8.78 Å². The number of alkyl halides is 32. The molecular formula is C14F34NSi+. The second kappa shape index (κ2) is 11.2. The lowest BCUT2D eigenvalue weighted by atomic mass is 9.97. The topological polar surface area (TPSA) is 0 Å². The maximum atomic E-state index is 14.7. The molecule has 1 nitrogen and oxygen atoms in total. The van der Waals surface area contributed by atoms with Gasteiger partial charge in [0.25, 0.3) is 0 Å². The van der Waals surface area contributed by atoms with E-state index in [1.54, 1.807) is 0 Å². The van der Waals surface area contributed by atoms with Crippen LogP contribution in [-0.4, -0.2) is 95.8 Å². The van der Waals surface area contributed by atoms with Gasteiger partial charge >= 0.3 is 91.2 Å². The van der Waals surface area contributed by atoms with Gasteiger partial charge in [-0.2, -0.15) is 132 Å². The van der Waals surface area contributed by atoms with E-state index in [1.807, 2.05) is 0 Å². The number of hydrogen-bond acceptors (Lipinski definition) is 0. The van der Waals surface area contributed by atoms with Crippen LogP contribution in [0.2, 0.25) is 0 Å². The maximum Gasteiger partial charge on any atom is 0.611 e. The Morgan fingerprint density at radius 2 is 0.460 bits per heavy atom. The largest absolute Gasteiger partial charge is 0.611 e. The Morgan fingerprint density at radius 3 is 0.680 bits per heavy atom. The average molecular weight is 856 g/mol. The van der Waals surface area contributed by atoms with Crippen LogP contribution in [0.15, 0.2) is 0 Å². The van der Waals surface area contributed by atoms with Crippen molar-refractivity contribution in [1.82, 2.24) is 0 Å². The minimum atomic E-state index is -14.4. The zero-order valence-corrected chi connectivity index (χ0v) is 21.8. The van der Waals surface area contributed by atoms with Crippen LogP contribution in [0.3, 0.4) is 0 Å². The predicted molar refractivity (Wildman–Crippen MR) is 81.9 cm³/mol. The fourth-order valence-corrected chi connectivity index (χ4v) is 7.52. The van der Waals surface area contributed by atoms with E-state index in [1.165, 1.54) is 0 Å². The fourth-order valence-electron chi connectivity index (χ4n) is 3.28. The molecule has 302 valence electrons. The van der Waals surface area contributed by atoms with E-state index < -0.39 is 95.8 Å². The molecular weight excluding hydrogens is 856 g/mol. The number of rotatable bonds is 11. The zero-order valence-electron chi connectivity index (χ0n) is 20.8. The van der Waals surface area contributed by atoms with E-state index in [0.717, 1.165) is 0 Å². The van der Waals surface area contributed by atoms with Crippen molar-refractivity contribution in [1.29, 1.82) is 0 Å². The van der Waals surface area contributed by atoms with Crippen molar-refractivity contribution >= 4 is 8.24 Å². The molecule has 0 atom stereocenters. The summed E-state index contributed by atoms with van der Waals surface area (Å²) in [5, 5.41) is 0. The van der Waals surface area contributed by atoms with Crippen LogP contribution in [0.4, 0.5) is 149 Å². The number of nitrogens with zero attached hydrogens (tertiary/aromatic N) is 1. The summed E-state index contributed by atoms with van der Waals surface area (Å²) in [5.41, 5.74) is -32.5. The molecule has 36 heteroatoms. The zero-order chi connectivity index (χ0) is 42.0. The Labute approximate surface area is 246 Å². The Morgan fingerprint density at radius 1 is 0.240 bits per heavy atom. The SMILES string of the molecule is FC(F)(F)C(F)(F)C(F)(F)C(F)(F)C(F)(F)C(F)(F)[N+](F)(F)[Si](C(F)(F)C(F)(F)F)(C(F)(F)C(F)(F)F)C(F)(F)C(F)(F)C(F)(F)C(F)(F)F. The van der Waals surface area contributed by atoms with Crippen molar-refractivity contribution in [3.05, 3.63) is 0 Å². The summed E-state index contributed by atoms with van der Waals surface area (Å²) in [6.07, 6.45) is -37.1. The first kappa shape index (κ1) is 47.8. The van der Waals surface area contributed by atoms with E-state index in [2.05, 4.69) is 0 Å². The van der Waals surface area contributed by atoms with Gasteiger partial charge in [0.15, 0.2) is 0 Å². The standard InChI is InChI=1S/C14F34NSi/c15-1(16,3(19,20)7(27,28)29)2(17,18)5(23,24)11(39,40)49(47,48)50(13(43,44)9(33,34)35,14(45,46)10(36,37)38)12(41,42)6(25,26)4(21,22)8(30,31)32/q+1. The van der Waals surface area contributed by atoms with Crippen LogP contribution in [-0.2, 0) is 0 Å². The highest BCUT2D eigenvalue weighted by Crippen LogP contribution is 2.72. The van der Waals surface area contributed by atoms with Crippen molar-refractivity contribution in [2.45, 2.75) is 82.9 Å². The second-order valence-electron chi connectivity index (χ2n) is 8.93. The second-order valence-corrected chi connectivity index (χ2v) is 12.8. The molecule has 0 aromatic carbocycles. The summed E-state index contributed by atoms with van der Waals surface area (Å²) >= 11 is 0. The summed E-state index contributed by atoms with van der Waals surface area (Å²) in [4.78, 5) is 0. The van der Waals surface area contributed by atoms with Crippen LogP contribution in [0.1, 0.15) is 0 Å². The fraction of sp³-hybridized carbons (Fsp3) is 1.00. The highest BCUT2D eigenvalue weighted by Gasteiger charge is 3.16. The van der Waals surface area contributed by atoms with E-state index in [0.29, 0.717) is 0 Å². The molecule has 0 saturated carbocycles. The van der Waals surface area contributed by atoms with Crippen molar-refractivity contribution in [2.75, 3.05) is 0 Å². The summed E-state index contributed by atoms with van der Waals surface area (Å²) in [7, 11) is -14.4. The molecule has 0 unspecified atom stereocenters. The molecule has 50 heavy (non-hydrogen) atoms. The normalized spacial score (nSPS) is 17.4. The van der Waals surface area contributed by atoms with Gasteiger partial charge in [0, 0.05) is 8.96 Å². The first-order valence-corrected chi connectivity index (χ1v) is 12.0. The van der Waals surface area contributed by atoms with E-state index >= 15 is 0 Å². The molecule has 0 aliphatic heterocycles. The van der Waals surface area contributed by atoms with Gasteiger partial charge in [-0.3, -0.25) is 0 Å². The van der Waals surface area contributed by atoms with Crippen LogP contribution >= 0.6 is 0 Å². The monoisotopic (exact) mass is 856 g/mol. The third-order valence-corrected chi connectivity index (χ3v) is 10.6. The third kappa shape index (κ3) is 5.21. The molecule has 0 rings (SSSR count). The number of hydrogen-bond donors (Lipinski definition) is 0. The minimum absolute atomic E-state index is 8.62. The van der Waals surface area contributed by atoms with E-state index in [4.69, 9.17) is 0 Å². The Bertz CT molecular complexity index is 1210. The molecule has 0 heterocycles. The van der Waals surface area contributed by atoms with Crippen molar-refractivity contribution in [2.24, 2.45) is 0 Å². The molecule has 0 saturated heterocycles. The molecule has 0 aliphatic rings. The smallest absolute Gasteiger partial charge is 0.196 e. The number of halogens is 34. The summed E-state index contributed by atoms with van der Waals surface area (Å²) in [6, 6.07) is -11.0. The van der Waals surface area contributed by atoms with Crippen LogP contribution < -0.4 is 0 Å². The minimum Gasteiger partial charge on any atom is -0.196 e. The van der Waals surface area contributed by atoms with Gasteiger partial charge in [0.05, 0.1) is 4.59 Å². The Balaban J connectivity index is 9.39. The summed E-state index contributed by atoms with van der Waals surface area (Å²) < 4.78 is 446. The Kier molecular flexibility index (Phi) is 10.7. The van der Waals surface area contributed by atoms with Crippen LogP contribution in [0.5, 0.6) is 0 Å². The van der Waals surface area contributed by atoms with Crippen LogP contribution in [0.25, 0.3) is 0 Å². The Hall–Kier alpha value is -2.20. The third-order valence-electron chi connectivity index (χ3n) is 5.91. The lowest BCUT2D eigenvalue weighted by Gasteiger charge is -2.50. The molecule has 0 aliphatic carbocycles. The summed E-state index contributed by atoms with van der Waals surface area (Å²) in [5.74, 6) is -59.8. The number of quaternary nitrogens is 1. The van der Waals surface area contributed by atoms with Crippen molar-refractivity contribution < 1.29 is 154 Å². The van der Waals surface area contributed by atoms with Crippen LogP contribution in [0, 0.1) is 0 Å². The van der Waals surface area contributed by atoms with Gasteiger partial charge in [-0.1, -0.05) is 0 Å². The molecule has 0 aromatic rings. The quantitative estimate of drug-likeness (QED) is 0.0841. The molecule has 0 spiro atoms. The lowest BCUT2D eigenvalue weighted by molar-refractivity contribution is -1.17. The highest BCUT2D eigenvalue weighted by atomic mass is 28.3. The first-order chi connectivity index (χ1) is 20.8. The molecule has 0 bridgehead atoms. The van der Waals surface area contributed by atoms with E-state index in [-0.39, 0.29) is 0 Å². The average Bonchev–Trinajstić information content (AvgIpc) is 2.79. The molecule has 0 aromatic heterocycles. The van der Waals surface area contributed by atoms with Crippen molar-refractivity contribution in [3.63, 3.8) is 0 Å². The van der Waals surface area contributed by atoms with Gasteiger partial charge in [-0.05, 0) is 0 Å². The van der Waals surface area contributed by atoms with Gasteiger partial charge < -0.3 is 0 Å². The van der Waals surface area contributed by atoms with Crippen molar-refractivity contribution in [3.8, 4) is 0 Å². The molecule has 0 fully saturated rings. The van der Waals surface area contributed by atoms with Gasteiger partial charge in [0.2, 0.25) is 0 Å². The summed E-state index contributed by atoms with van der Waals surface area (Å²) in [6.45, 7) is 0. The lowest BCUT2D eigenvalue weighted by Crippen LogP contribution is -2.97. The predicted octanol–water partition coefficient (Wildman–Crippen LogP) is 10.7.